The first-order valence-electron chi connectivity index (χ1n) is 23.9. The van der Waals surface area contributed by atoms with E-state index in [1.165, 1.54) is 128 Å². The Balaban J connectivity index is 2.27. The van der Waals surface area contributed by atoms with Gasteiger partial charge in [0.2, 0.25) is 5.91 Å². The lowest BCUT2D eigenvalue weighted by Gasteiger charge is -2.22. The third kappa shape index (κ3) is 31.9. The smallest absolute Gasteiger partial charge is 0.306 e. The number of aliphatic hydroxyl groups is 2. The van der Waals surface area contributed by atoms with E-state index in [2.05, 4.69) is 62.5 Å². The molecule has 0 saturated carbocycles. The minimum absolute atomic E-state index is 0.0102. The number of hydrogen-bond acceptors (Lipinski definition) is 5. The number of β-amino-alcohol motifs (C(OH)–C–C–N with tert-alkyl or cyclic N) is 1. The molecule has 1 fully saturated rings. The summed E-state index contributed by atoms with van der Waals surface area (Å²) < 4.78 is 6.07. The highest BCUT2D eigenvalue weighted by Gasteiger charge is 2.33. The van der Waals surface area contributed by atoms with Crippen LogP contribution in [0.4, 0.5) is 0 Å². The second-order valence-electron chi connectivity index (χ2n) is 16.5. The van der Waals surface area contributed by atoms with Crippen molar-refractivity contribution >= 4 is 11.9 Å². The van der Waals surface area contributed by atoms with Crippen LogP contribution in [0.15, 0.2) is 48.6 Å². The summed E-state index contributed by atoms with van der Waals surface area (Å²) in [4.78, 5) is 27.1. The van der Waals surface area contributed by atoms with Gasteiger partial charge in [0.15, 0.2) is 0 Å². The molecule has 0 radical (unpaired) electrons. The highest BCUT2D eigenvalue weighted by atomic mass is 16.5. The Labute approximate surface area is 346 Å². The summed E-state index contributed by atoms with van der Waals surface area (Å²) in [5.74, 6) is -0.0564. The number of hydrogen-bond donors (Lipinski definition) is 2. The predicted molar refractivity (Wildman–Crippen MR) is 239 cm³/mol. The summed E-state index contributed by atoms with van der Waals surface area (Å²) in [5.41, 5.74) is 0. The lowest BCUT2D eigenvalue weighted by Crippen LogP contribution is -2.37. The van der Waals surface area contributed by atoms with Crippen molar-refractivity contribution in [3.63, 3.8) is 0 Å². The fourth-order valence-electron chi connectivity index (χ4n) is 7.64. The molecule has 0 aliphatic carbocycles. The van der Waals surface area contributed by atoms with Crippen molar-refractivity contribution in [3.05, 3.63) is 48.6 Å². The van der Waals surface area contributed by atoms with Crippen LogP contribution in [-0.2, 0) is 14.3 Å². The van der Waals surface area contributed by atoms with Crippen LogP contribution in [0.1, 0.15) is 226 Å². The molecule has 1 rings (SSSR count). The van der Waals surface area contributed by atoms with Crippen molar-refractivity contribution in [3.8, 4) is 0 Å². The number of carbonyl (C=O) groups excluding carboxylic acids is 2. The summed E-state index contributed by atoms with van der Waals surface area (Å²) in [6, 6.07) is -0.259. The average molecular weight is 784 g/mol. The van der Waals surface area contributed by atoms with E-state index in [0.29, 0.717) is 25.8 Å². The average Bonchev–Trinajstić information content (AvgIpc) is 3.59. The van der Waals surface area contributed by atoms with Crippen molar-refractivity contribution in [2.24, 2.45) is 0 Å². The number of unbranched alkanes of at least 4 members (excludes halogenated alkanes) is 21. The topological polar surface area (TPSA) is 87.1 Å². The molecule has 0 aromatic rings. The normalized spacial score (nSPS) is 16.3. The first-order valence-corrected chi connectivity index (χ1v) is 23.9. The Bertz CT molecular complexity index is 971. The summed E-state index contributed by atoms with van der Waals surface area (Å²) in [6.45, 7) is 4.73. The number of allylic oxidation sites excluding steroid dienone is 8. The van der Waals surface area contributed by atoms with Gasteiger partial charge in [-0.2, -0.15) is 0 Å². The zero-order chi connectivity index (χ0) is 40.6. The molecule has 1 aliphatic heterocycles. The Morgan fingerprint density at radius 2 is 0.982 bits per heavy atom. The molecule has 1 heterocycles. The fraction of sp³-hybridized carbons (Fsp3) is 0.800. The standard InChI is InChI=1S/C50H89NO5/c1-3-5-7-9-11-13-15-17-19-21-23-25-27-29-31-35-39-48(40-36-32-30-28-26-24-22-20-18-16-14-12-10-8-6-4-2)56-50(55)42-38-34-33-37-41-49(54)51-44-47(53)43-46(51)45-52/h11-14,17-20,46-48,52-53H,3-10,15-16,21-45H2,1-2H3/b13-11-,14-12-,19-17-,20-18-/t46-,47+/m0/s1. The van der Waals surface area contributed by atoms with Crippen LogP contribution >= 0.6 is 0 Å². The van der Waals surface area contributed by atoms with Gasteiger partial charge >= 0.3 is 5.97 Å². The number of esters is 1. The van der Waals surface area contributed by atoms with Crippen LogP contribution in [0.25, 0.3) is 0 Å². The van der Waals surface area contributed by atoms with Crippen molar-refractivity contribution in [1.29, 1.82) is 0 Å². The minimum Gasteiger partial charge on any atom is -0.462 e. The molecule has 0 aromatic carbocycles. The predicted octanol–water partition coefficient (Wildman–Crippen LogP) is 13.6. The van der Waals surface area contributed by atoms with Gasteiger partial charge in [-0.3, -0.25) is 9.59 Å². The molecule has 6 heteroatoms. The third-order valence-corrected chi connectivity index (χ3v) is 11.2. The van der Waals surface area contributed by atoms with Crippen molar-refractivity contribution in [2.45, 2.75) is 244 Å². The second-order valence-corrected chi connectivity index (χ2v) is 16.5. The van der Waals surface area contributed by atoms with Crippen LogP contribution < -0.4 is 0 Å². The molecule has 0 bridgehead atoms. The first-order chi connectivity index (χ1) is 27.5. The van der Waals surface area contributed by atoms with Gasteiger partial charge in [-0.15, -0.1) is 0 Å². The SMILES string of the molecule is CCCCC/C=C\C/C=C\CCCCCCCCC(CCCCCCCC/C=C\C/C=C\CCCCC)OC(=O)CCCCCCC(=O)N1C[C@H](O)C[C@H]1CO. The van der Waals surface area contributed by atoms with Gasteiger partial charge in [-0.1, -0.05) is 152 Å². The molecule has 2 N–H and O–H groups in total. The quantitative estimate of drug-likeness (QED) is 0.0368. The molecular weight excluding hydrogens is 695 g/mol. The maximum absolute atomic E-state index is 12.9. The number of amides is 1. The molecule has 1 amide bonds. The number of carbonyl (C=O) groups is 2. The van der Waals surface area contributed by atoms with E-state index in [1.807, 2.05) is 0 Å². The van der Waals surface area contributed by atoms with Gasteiger partial charge < -0.3 is 19.8 Å². The van der Waals surface area contributed by atoms with Crippen LogP contribution in [0.2, 0.25) is 0 Å². The lowest BCUT2D eigenvalue weighted by atomic mass is 10.0. The highest BCUT2D eigenvalue weighted by Crippen LogP contribution is 2.21. The molecule has 1 aliphatic rings. The van der Waals surface area contributed by atoms with Gasteiger partial charge in [0.05, 0.1) is 18.8 Å². The van der Waals surface area contributed by atoms with Gasteiger partial charge in [0, 0.05) is 19.4 Å². The van der Waals surface area contributed by atoms with E-state index >= 15 is 0 Å². The Hall–Kier alpha value is -2.18. The van der Waals surface area contributed by atoms with E-state index < -0.39 is 6.10 Å². The van der Waals surface area contributed by atoms with Crippen molar-refractivity contribution < 1.29 is 24.5 Å². The summed E-state index contributed by atoms with van der Waals surface area (Å²) in [7, 11) is 0. The van der Waals surface area contributed by atoms with Gasteiger partial charge in [0.1, 0.15) is 6.10 Å². The number of rotatable bonds is 39. The number of aliphatic hydroxyl groups excluding tert-OH is 2. The number of ether oxygens (including phenoxy) is 1. The van der Waals surface area contributed by atoms with Gasteiger partial charge in [-0.05, 0) is 109 Å². The lowest BCUT2D eigenvalue weighted by molar-refractivity contribution is -0.150. The molecule has 6 nitrogen and oxygen atoms in total. The van der Waals surface area contributed by atoms with Gasteiger partial charge in [-0.25, -0.2) is 0 Å². The summed E-state index contributed by atoms with van der Waals surface area (Å²) in [6.07, 6.45) is 54.4. The molecular formula is C50H89NO5. The zero-order valence-corrected chi connectivity index (χ0v) is 36.7. The maximum Gasteiger partial charge on any atom is 0.306 e. The zero-order valence-electron chi connectivity index (χ0n) is 36.7. The van der Waals surface area contributed by atoms with E-state index in [0.717, 1.165) is 64.2 Å². The van der Waals surface area contributed by atoms with Crippen LogP contribution in [-0.4, -0.2) is 58.4 Å². The Morgan fingerprint density at radius 3 is 1.45 bits per heavy atom. The maximum atomic E-state index is 12.9. The molecule has 56 heavy (non-hydrogen) atoms. The Kier molecular flexibility index (Phi) is 36.7. The third-order valence-electron chi connectivity index (χ3n) is 11.2. The molecule has 1 saturated heterocycles. The Morgan fingerprint density at radius 1 is 0.571 bits per heavy atom. The number of likely N-dealkylation sites (tertiary alicyclic amines) is 1. The minimum atomic E-state index is -0.536. The van der Waals surface area contributed by atoms with Crippen molar-refractivity contribution in [2.75, 3.05) is 13.2 Å². The van der Waals surface area contributed by atoms with Gasteiger partial charge in [0.25, 0.3) is 0 Å². The summed E-state index contributed by atoms with van der Waals surface area (Å²) >= 11 is 0. The van der Waals surface area contributed by atoms with E-state index in [-0.39, 0.29) is 30.6 Å². The monoisotopic (exact) mass is 784 g/mol. The van der Waals surface area contributed by atoms with E-state index in [1.54, 1.807) is 4.90 Å². The first kappa shape index (κ1) is 51.8. The highest BCUT2D eigenvalue weighted by molar-refractivity contribution is 5.77. The van der Waals surface area contributed by atoms with Crippen LogP contribution in [0, 0.1) is 0 Å². The largest absolute Gasteiger partial charge is 0.462 e. The van der Waals surface area contributed by atoms with E-state index in [4.69, 9.17) is 4.74 Å². The molecule has 2 atom stereocenters. The number of nitrogens with zero attached hydrogens (tertiary/aromatic N) is 1. The molecule has 0 unspecified atom stereocenters. The fourth-order valence-corrected chi connectivity index (χ4v) is 7.64. The second kappa shape index (κ2) is 39.6. The van der Waals surface area contributed by atoms with E-state index in [9.17, 15) is 19.8 Å². The molecule has 0 aromatic heterocycles. The molecule has 324 valence electrons. The molecule has 0 spiro atoms. The van der Waals surface area contributed by atoms with Crippen LogP contribution in [0.5, 0.6) is 0 Å². The van der Waals surface area contributed by atoms with Crippen LogP contribution in [0.3, 0.4) is 0 Å². The summed E-state index contributed by atoms with van der Waals surface area (Å²) in [5, 5.41) is 19.4. The van der Waals surface area contributed by atoms with Crippen molar-refractivity contribution in [1.82, 2.24) is 4.90 Å².